The summed E-state index contributed by atoms with van der Waals surface area (Å²) < 4.78 is 62.8. The summed E-state index contributed by atoms with van der Waals surface area (Å²) in [5, 5.41) is 17.3. The summed E-state index contributed by atoms with van der Waals surface area (Å²) in [6.07, 6.45) is 0.641. The second kappa shape index (κ2) is 29.7. The van der Waals surface area contributed by atoms with Crippen LogP contribution >= 0.6 is 0 Å². The van der Waals surface area contributed by atoms with E-state index in [0.29, 0.717) is 53.4 Å². The maximum absolute atomic E-state index is 13.4. The topological polar surface area (TPSA) is 165 Å². The molecule has 0 saturated heterocycles. The van der Waals surface area contributed by atoms with E-state index in [9.17, 15) is 13.2 Å². The average molecular weight is 1090 g/mol. The number of methoxy groups -OCH3 is 2. The zero-order chi connectivity index (χ0) is 56.7. The molecule has 9 aromatic rings. The van der Waals surface area contributed by atoms with Gasteiger partial charge in [0.15, 0.2) is 0 Å². The summed E-state index contributed by atoms with van der Waals surface area (Å²) in [6, 6.07) is 45.2. The van der Waals surface area contributed by atoms with Crippen LogP contribution in [0.4, 0.5) is 59.5 Å². The molecular formula is C62H68F3N11O4. The van der Waals surface area contributed by atoms with Crippen LogP contribution in [-0.2, 0) is 6.18 Å². The fourth-order valence-electron chi connectivity index (χ4n) is 8.21. The molecule has 80 heavy (non-hydrogen) atoms. The van der Waals surface area contributed by atoms with Gasteiger partial charge < -0.3 is 50.4 Å². The number of fused-ring (bicyclic) bond motifs is 1. The lowest BCUT2D eigenvalue weighted by Gasteiger charge is -2.18. The van der Waals surface area contributed by atoms with Gasteiger partial charge in [0.1, 0.15) is 47.8 Å². The molecule has 0 aliphatic carbocycles. The molecule has 9 rings (SSSR count). The minimum Gasteiger partial charge on any atom is -0.495 e. The molecule has 0 spiro atoms. The van der Waals surface area contributed by atoms with E-state index < -0.39 is 11.7 Å². The highest BCUT2D eigenvalue weighted by Gasteiger charge is 2.31. The molecule has 0 radical (unpaired) electrons. The van der Waals surface area contributed by atoms with Crippen molar-refractivity contribution in [2.24, 2.45) is 0 Å². The van der Waals surface area contributed by atoms with Crippen LogP contribution in [0.3, 0.4) is 0 Å². The second-order valence-electron chi connectivity index (χ2n) is 17.4. The molecule has 0 unspecified atom stereocenters. The van der Waals surface area contributed by atoms with E-state index in [-0.39, 0.29) is 5.95 Å². The van der Waals surface area contributed by atoms with Crippen LogP contribution in [0.15, 0.2) is 170 Å². The molecular weight excluding hydrogens is 1020 g/mol. The Morgan fingerprint density at radius 1 is 0.537 bits per heavy atom. The van der Waals surface area contributed by atoms with Gasteiger partial charge in [0.2, 0.25) is 11.9 Å². The number of nitrogens with zero attached hydrogens (tertiary/aromatic N) is 6. The molecule has 0 bridgehead atoms. The van der Waals surface area contributed by atoms with Crippen molar-refractivity contribution < 1.29 is 32.1 Å². The van der Waals surface area contributed by atoms with Crippen molar-refractivity contribution in [2.45, 2.75) is 40.8 Å². The quantitative estimate of drug-likeness (QED) is 0.0384. The van der Waals surface area contributed by atoms with Crippen LogP contribution in [0.25, 0.3) is 33.2 Å². The van der Waals surface area contributed by atoms with E-state index in [0.717, 1.165) is 101 Å². The molecule has 0 fully saturated rings. The largest absolute Gasteiger partial charge is 0.495 e. The van der Waals surface area contributed by atoms with Crippen molar-refractivity contribution >= 4 is 57.2 Å². The van der Waals surface area contributed by atoms with E-state index >= 15 is 0 Å². The van der Waals surface area contributed by atoms with Crippen LogP contribution in [0.5, 0.6) is 23.0 Å². The predicted molar refractivity (Wildman–Crippen MR) is 316 cm³/mol. The maximum atomic E-state index is 13.4. The fraction of sp³-hybridized carbons (Fsp3) is 0.242. The minimum atomic E-state index is -4.48. The van der Waals surface area contributed by atoms with Gasteiger partial charge >= 0.3 is 6.18 Å². The smallest absolute Gasteiger partial charge is 0.416 e. The number of rotatable bonds is 23. The second-order valence-corrected chi connectivity index (χ2v) is 17.4. The molecule has 3 aromatic heterocycles. The van der Waals surface area contributed by atoms with Crippen molar-refractivity contribution in [3.8, 4) is 45.3 Å². The van der Waals surface area contributed by atoms with Crippen molar-refractivity contribution in [1.29, 1.82) is 0 Å². The molecule has 0 saturated carbocycles. The third-order valence-corrected chi connectivity index (χ3v) is 12.3. The monoisotopic (exact) mass is 1090 g/mol. The van der Waals surface area contributed by atoms with Crippen molar-refractivity contribution in [3.05, 3.63) is 176 Å². The highest BCUT2D eigenvalue weighted by Crippen LogP contribution is 2.38. The van der Waals surface area contributed by atoms with Crippen LogP contribution in [0.1, 0.15) is 40.2 Å². The number of anilines is 8. The Bertz CT molecular complexity index is 3340. The first-order valence-corrected chi connectivity index (χ1v) is 26.5. The maximum Gasteiger partial charge on any atom is 0.416 e. The van der Waals surface area contributed by atoms with Gasteiger partial charge in [-0.25, -0.2) is 9.97 Å². The number of para-hydroxylation sites is 4. The third kappa shape index (κ3) is 16.3. The van der Waals surface area contributed by atoms with Crippen molar-refractivity contribution in [3.63, 3.8) is 0 Å². The van der Waals surface area contributed by atoms with E-state index in [1.807, 2.05) is 130 Å². The standard InChI is InChI=1S/C32H34N6O2.C28H28F3N5O2.C2H6/c1-4-38(5-2)20-21-40-24-17-15-23(16-18-24)35-32-34-22-27(25-10-8-13-28-26(25)11-9-19-33-28)31(37-32)36-29-12-6-7-14-30(29)39-3;1-3-32-15-16-38-22-13-11-21(12-14-22)34-27-33-18-23(19-7-6-8-20(17-19)28(29,30)31)26(36-27)35-24-9-4-5-10-25(24)37-2;1-2/h6-19,22H,4-5,20-21H2,1-3H3,(H2,34,35,36,37);4-14,17-18,32H,3,15-16H2,1-2H3,(H2,33,34,35,36);1-2H3. The van der Waals surface area contributed by atoms with Gasteiger partial charge in [0.05, 0.1) is 36.7 Å². The first-order valence-electron chi connectivity index (χ1n) is 26.5. The van der Waals surface area contributed by atoms with E-state index in [1.54, 1.807) is 31.5 Å². The first-order chi connectivity index (χ1) is 39.0. The number of aromatic nitrogens is 5. The molecule has 3 heterocycles. The zero-order valence-electron chi connectivity index (χ0n) is 46.1. The Morgan fingerprint density at radius 3 is 1.65 bits per heavy atom. The Morgan fingerprint density at radius 2 is 1.09 bits per heavy atom. The molecule has 0 amide bonds. The number of likely N-dealkylation sites (N-methyl/N-ethyl adjacent to an activating group) is 2. The number of hydrogen-bond acceptors (Lipinski definition) is 15. The number of pyridine rings is 1. The lowest BCUT2D eigenvalue weighted by molar-refractivity contribution is -0.137. The van der Waals surface area contributed by atoms with Gasteiger partial charge in [-0.1, -0.05) is 89.2 Å². The average Bonchev–Trinajstić information content (AvgIpc) is 3.49. The normalized spacial score (nSPS) is 10.9. The van der Waals surface area contributed by atoms with E-state index in [2.05, 4.69) is 77.4 Å². The zero-order valence-corrected chi connectivity index (χ0v) is 46.1. The predicted octanol–water partition coefficient (Wildman–Crippen LogP) is 14.6. The summed E-state index contributed by atoms with van der Waals surface area (Å²) in [4.78, 5) is 25.4. The van der Waals surface area contributed by atoms with Crippen molar-refractivity contribution in [2.75, 3.05) is 81.4 Å². The molecule has 15 nitrogen and oxygen atoms in total. The van der Waals surface area contributed by atoms with Gasteiger partial charge in [-0.05, 0) is 128 Å². The minimum absolute atomic E-state index is 0.263. The van der Waals surface area contributed by atoms with Crippen LogP contribution in [0, 0.1) is 0 Å². The number of benzene rings is 6. The Kier molecular flexibility index (Phi) is 21.8. The number of ether oxygens (including phenoxy) is 4. The molecule has 0 aliphatic rings. The molecule has 0 aliphatic heterocycles. The highest BCUT2D eigenvalue weighted by atomic mass is 19.4. The first kappa shape index (κ1) is 58.7. The summed E-state index contributed by atoms with van der Waals surface area (Å²) in [5.74, 6) is 4.53. The lowest BCUT2D eigenvalue weighted by Crippen LogP contribution is -2.27. The van der Waals surface area contributed by atoms with Gasteiger partial charge in [-0.2, -0.15) is 23.1 Å². The molecule has 18 heteroatoms. The molecule has 5 N–H and O–H groups in total. The van der Waals surface area contributed by atoms with E-state index in [1.165, 1.54) is 19.4 Å². The SMILES string of the molecule is CC.CCN(CC)CCOc1ccc(Nc2ncc(-c3cccc4ncccc34)c(Nc3ccccc3OC)n2)cc1.CCNCCOc1ccc(Nc2ncc(-c3cccc(C(F)(F)F)c3)c(Nc3ccccc3OC)n2)cc1. The van der Waals surface area contributed by atoms with Gasteiger partial charge in [0, 0.05) is 59.6 Å². The van der Waals surface area contributed by atoms with Gasteiger partial charge in [-0.3, -0.25) is 4.98 Å². The Balaban J connectivity index is 0.000000225. The number of halogens is 3. The Labute approximate surface area is 466 Å². The summed E-state index contributed by atoms with van der Waals surface area (Å²) in [6.45, 7) is 16.1. The van der Waals surface area contributed by atoms with Gasteiger partial charge in [-0.15, -0.1) is 0 Å². The van der Waals surface area contributed by atoms with Crippen molar-refractivity contribution in [1.82, 2.24) is 35.1 Å². The highest BCUT2D eigenvalue weighted by molar-refractivity contribution is 5.98. The van der Waals surface area contributed by atoms with Crippen LogP contribution in [-0.4, -0.2) is 90.0 Å². The molecule has 0 atom stereocenters. The number of alkyl halides is 3. The molecule has 416 valence electrons. The third-order valence-electron chi connectivity index (χ3n) is 12.3. The summed E-state index contributed by atoms with van der Waals surface area (Å²) in [7, 11) is 3.19. The molecule has 6 aromatic carbocycles. The fourth-order valence-corrected chi connectivity index (χ4v) is 8.21. The van der Waals surface area contributed by atoms with Crippen LogP contribution < -0.4 is 45.5 Å². The Hall–Kier alpha value is -9.00. The van der Waals surface area contributed by atoms with Crippen LogP contribution in [0.2, 0.25) is 0 Å². The van der Waals surface area contributed by atoms with Gasteiger partial charge in [0.25, 0.3) is 0 Å². The van der Waals surface area contributed by atoms with E-state index in [4.69, 9.17) is 23.9 Å². The lowest BCUT2D eigenvalue weighted by atomic mass is 10.0. The summed E-state index contributed by atoms with van der Waals surface area (Å²) >= 11 is 0. The summed E-state index contributed by atoms with van der Waals surface area (Å²) in [5.41, 5.74) is 5.71. The number of nitrogens with one attached hydrogen (secondary N) is 5. The number of hydrogen-bond donors (Lipinski definition) is 5.